The van der Waals surface area contributed by atoms with E-state index < -0.39 is 0 Å². The van der Waals surface area contributed by atoms with Crippen LogP contribution in [0.1, 0.15) is 24.7 Å². The molecule has 0 saturated carbocycles. The van der Waals surface area contributed by atoms with Crippen molar-refractivity contribution in [3.05, 3.63) is 35.7 Å². The van der Waals surface area contributed by atoms with Gasteiger partial charge in [-0.15, -0.1) is 0 Å². The first-order valence-corrected chi connectivity index (χ1v) is 7.39. The number of hydrogen-bond acceptors (Lipinski definition) is 6. The van der Waals surface area contributed by atoms with Gasteiger partial charge in [-0.05, 0) is 31.0 Å². The SMILES string of the molecule is COc1ccc(Cc2nsc(NCCC(C)N)n2)cc1. The summed E-state index contributed by atoms with van der Waals surface area (Å²) in [5.41, 5.74) is 6.88. The van der Waals surface area contributed by atoms with Crippen LogP contribution in [0.25, 0.3) is 0 Å². The average molecular weight is 292 g/mol. The zero-order chi connectivity index (χ0) is 14.4. The molecule has 6 heteroatoms. The fourth-order valence-electron chi connectivity index (χ4n) is 1.73. The van der Waals surface area contributed by atoms with Gasteiger partial charge in [-0.2, -0.15) is 4.37 Å². The number of hydrogen-bond donors (Lipinski definition) is 2. The molecule has 1 aromatic heterocycles. The normalized spacial score (nSPS) is 12.2. The van der Waals surface area contributed by atoms with Crippen molar-refractivity contribution in [2.75, 3.05) is 19.0 Å². The van der Waals surface area contributed by atoms with Crippen LogP contribution in [0.4, 0.5) is 5.13 Å². The summed E-state index contributed by atoms with van der Waals surface area (Å²) in [4.78, 5) is 4.47. The highest BCUT2D eigenvalue weighted by atomic mass is 32.1. The molecule has 0 fully saturated rings. The van der Waals surface area contributed by atoms with E-state index in [4.69, 9.17) is 10.5 Å². The summed E-state index contributed by atoms with van der Waals surface area (Å²) >= 11 is 1.39. The van der Waals surface area contributed by atoms with E-state index in [0.717, 1.165) is 36.1 Å². The van der Waals surface area contributed by atoms with Gasteiger partial charge in [0.15, 0.2) is 0 Å². The average Bonchev–Trinajstić information content (AvgIpc) is 2.87. The maximum absolute atomic E-state index is 5.70. The van der Waals surface area contributed by atoms with E-state index in [1.54, 1.807) is 7.11 Å². The third kappa shape index (κ3) is 4.47. The number of rotatable bonds is 7. The van der Waals surface area contributed by atoms with Crippen LogP contribution in [-0.2, 0) is 6.42 Å². The molecule has 1 aromatic carbocycles. The first-order chi connectivity index (χ1) is 9.67. The number of nitrogens with zero attached hydrogens (tertiary/aromatic N) is 2. The number of ether oxygens (including phenoxy) is 1. The summed E-state index contributed by atoms with van der Waals surface area (Å²) in [5.74, 6) is 1.70. The van der Waals surface area contributed by atoms with Crippen molar-refractivity contribution in [3.63, 3.8) is 0 Å². The summed E-state index contributed by atoms with van der Waals surface area (Å²) < 4.78 is 9.50. The van der Waals surface area contributed by atoms with Crippen LogP contribution in [0.15, 0.2) is 24.3 Å². The van der Waals surface area contributed by atoms with Crippen molar-refractivity contribution in [3.8, 4) is 5.75 Å². The molecule has 0 aliphatic rings. The van der Waals surface area contributed by atoms with Gasteiger partial charge in [0.05, 0.1) is 7.11 Å². The van der Waals surface area contributed by atoms with Crippen molar-refractivity contribution < 1.29 is 4.74 Å². The van der Waals surface area contributed by atoms with E-state index in [-0.39, 0.29) is 6.04 Å². The summed E-state index contributed by atoms with van der Waals surface area (Å²) in [6.45, 7) is 2.83. The monoisotopic (exact) mass is 292 g/mol. The van der Waals surface area contributed by atoms with E-state index in [9.17, 15) is 0 Å². The van der Waals surface area contributed by atoms with E-state index in [2.05, 4.69) is 14.7 Å². The topological polar surface area (TPSA) is 73.1 Å². The van der Waals surface area contributed by atoms with Crippen molar-refractivity contribution >= 4 is 16.7 Å². The lowest BCUT2D eigenvalue weighted by molar-refractivity contribution is 0.414. The summed E-state index contributed by atoms with van der Waals surface area (Å²) in [6, 6.07) is 8.16. The first kappa shape index (κ1) is 14.7. The highest BCUT2D eigenvalue weighted by molar-refractivity contribution is 7.09. The Bertz CT molecular complexity index is 524. The van der Waals surface area contributed by atoms with Crippen molar-refractivity contribution in [1.29, 1.82) is 0 Å². The molecule has 0 amide bonds. The second-order valence-corrected chi connectivity index (χ2v) is 5.49. The van der Waals surface area contributed by atoms with Crippen LogP contribution in [0, 0.1) is 0 Å². The molecule has 5 nitrogen and oxygen atoms in total. The minimum Gasteiger partial charge on any atom is -0.497 e. The van der Waals surface area contributed by atoms with Gasteiger partial charge in [-0.3, -0.25) is 0 Å². The van der Waals surface area contributed by atoms with Gasteiger partial charge in [0.2, 0.25) is 5.13 Å². The predicted molar refractivity (Wildman–Crippen MR) is 82.5 cm³/mol. The number of anilines is 1. The molecule has 0 aliphatic carbocycles. The van der Waals surface area contributed by atoms with Crippen LogP contribution < -0.4 is 15.8 Å². The zero-order valence-electron chi connectivity index (χ0n) is 11.8. The second-order valence-electron chi connectivity index (χ2n) is 4.73. The van der Waals surface area contributed by atoms with Crippen LogP contribution in [0.3, 0.4) is 0 Å². The van der Waals surface area contributed by atoms with E-state index >= 15 is 0 Å². The van der Waals surface area contributed by atoms with Gasteiger partial charge in [0.1, 0.15) is 11.6 Å². The van der Waals surface area contributed by atoms with E-state index in [1.807, 2.05) is 31.2 Å². The third-order valence-electron chi connectivity index (χ3n) is 2.87. The lowest BCUT2D eigenvalue weighted by Crippen LogP contribution is -2.19. The molecule has 108 valence electrons. The van der Waals surface area contributed by atoms with Gasteiger partial charge >= 0.3 is 0 Å². The number of nitrogens with one attached hydrogen (secondary N) is 1. The smallest absolute Gasteiger partial charge is 0.202 e. The van der Waals surface area contributed by atoms with Gasteiger partial charge in [0.25, 0.3) is 0 Å². The van der Waals surface area contributed by atoms with Gasteiger partial charge < -0.3 is 15.8 Å². The van der Waals surface area contributed by atoms with E-state index in [1.165, 1.54) is 17.1 Å². The fourth-order valence-corrected chi connectivity index (χ4v) is 2.34. The third-order valence-corrected chi connectivity index (χ3v) is 3.58. The molecule has 3 N–H and O–H groups in total. The molecule has 1 atom stereocenters. The molecule has 0 saturated heterocycles. The number of methoxy groups -OCH3 is 1. The molecular formula is C14H20N4OS. The minimum absolute atomic E-state index is 0.203. The lowest BCUT2D eigenvalue weighted by Gasteiger charge is -2.04. The first-order valence-electron chi connectivity index (χ1n) is 6.62. The van der Waals surface area contributed by atoms with Crippen molar-refractivity contribution in [1.82, 2.24) is 9.36 Å². The summed E-state index contributed by atoms with van der Waals surface area (Å²) in [6.07, 6.45) is 1.66. The number of benzene rings is 1. The molecule has 0 radical (unpaired) electrons. The molecule has 0 spiro atoms. The summed E-state index contributed by atoms with van der Waals surface area (Å²) in [5, 5.41) is 4.10. The molecule has 1 unspecified atom stereocenters. The second kappa shape index (κ2) is 7.21. The lowest BCUT2D eigenvalue weighted by atomic mass is 10.1. The Balaban J connectivity index is 1.88. The standard InChI is InChI=1S/C14H20N4OS/c1-10(15)7-8-16-14-17-13(18-20-14)9-11-3-5-12(19-2)6-4-11/h3-6,10H,7-9,15H2,1-2H3,(H,16,17,18). The zero-order valence-corrected chi connectivity index (χ0v) is 12.6. The fraction of sp³-hybridized carbons (Fsp3) is 0.429. The molecule has 0 aliphatic heterocycles. The predicted octanol–water partition coefficient (Wildman–Crippen LogP) is 2.29. The van der Waals surface area contributed by atoms with E-state index in [0.29, 0.717) is 0 Å². The largest absolute Gasteiger partial charge is 0.497 e. The Hall–Kier alpha value is -1.66. The highest BCUT2D eigenvalue weighted by Crippen LogP contribution is 2.16. The molecule has 2 rings (SSSR count). The van der Waals surface area contributed by atoms with Crippen LogP contribution in [0.5, 0.6) is 5.75 Å². The number of nitrogens with two attached hydrogens (primary N) is 1. The maximum atomic E-state index is 5.70. The number of aromatic nitrogens is 2. The van der Waals surface area contributed by atoms with Crippen LogP contribution in [-0.4, -0.2) is 29.1 Å². The Morgan fingerprint density at radius 2 is 2.10 bits per heavy atom. The molecule has 0 bridgehead atoms. The van der Waals surface area contributed by atoms with Gasteiger partial charge in [0, 0.05) is 30.5 Å². The Morgan fingerprint density at radius 3 is 2.75 bits per heavy atom. The Labute approximate surface area is 123 Å². The quantitative estimate of drug-likeness (QED) is 0.819. The van der Waals surface area contributed by atoms with Gasteiger partial charge in [-0.1, -0.05) is 12.1 Å². The molecule has 20 heavy (non-hydrogen) atoms. The molecular weight excluding hydrogens is 272 g/mol. The Kier molecular flexibility index (Phi) is 5.31. The van der Waals surface area contributed by atoms with Crippen molar-refractivity contribution in [2.24, 2.45) is 5.73 Å². The van der Waals surface area contributed by atoms with Crippen molar-refractivity contribution in [2.45, 2.75) is 25.8 Å². The van der Waals surface area contributed by atoms with Crippen LogP contribution >= 0.6 is 11.5 Å². The minimum atomic E-state index is 0.203. The van der Waals surface area contributed by atoms with Crippen LogP contribution in [0.2, 0.25) is 0 Å². The molecule has 2 aromatic rings. The Morgan fingerprint density at radius 1 is 1.35 bits per heavy atom. The highest BCUT2D eigenvalue weighted by Gasteiger charge is 2.05. The summed E-state index contributed by atoms with van der Waals surface area (Å²) in [7, 11) is 1.66. The molecule has 1 heterocycles. The maximum Gasteiger partial charge on any atom is 0.202 e. The van der Waals surface area contributed by atoms with Gasteiger partial charge in [-0.25, -0.2) is 4.98 Å².